The summed E-state index contributed by atoms with van der Waals surface area (Å²) < 4.78 is 7.88. The fourth-order valence-electron chi connectivity index (χ4n) is 5.01. The molecule has 0 aliphatic carbocycles. The van der Waals surface area contributed by atoms with E-state index < -0.39 is 0 Å². The third-order valence-corrected chi connectivity index (χ3v) is 6.79. The van der Waals surface area contributed by atoms with Crippen molar-refractivity contribution in [3.63, 3.8) is 0 Å². The predicted octanol–water partition coefficient (Wildman–Crippen LogP) is 6.71. The van der Waals surface area contributed by atoms with Gasteiger partial charge in [0.25, 0.3) is 0 Å². The Morgan fingerprint density at radius 2 is 1.64 bits per heavy atom. The lowest BCUT2D eigenvalue weighted by Gasteiger charge is -2.19. The third-order valence-electron chi connectivity index (χ3n) is 6.79. The maximum atomic E-state index is 13.0. The summed E-state index contributed by atoms with van der Waals surface area (Å²) in [5, 5.41) is 0. The van der Waals surface area contributed by atoms with Crippen LogP contribution in [-0.2, 0) is 11.3 Å². The molecule has 2 aromatic carbocycles. The summed E-state index contributed by atoms with van der Waals surface area (Å²) in [6.45, 7) is 3.87. The van der Waals surface area contributed by atoms with Gasteiger partial charge in [-0.15, -0.1) is 0 Å². The number of hydrogen-bond donors (Lipinski definition) is 0. The summed E-state index contributed by atoms with van der Waals surface area (Å²) in [4.78, 5) is 19.9. The Bertz CT molecular complexity index is 1060. The van der Waals surface area contributed by atoms with Crippen LogP contribution in [0.5, 0.6) is 5.75 Å². The minimum absolute atomic E-state index is 0.0869. The van der Waals surface area contributed by atoms with Crippen molar-refractivity contribution in [1.29, 1.82) is 0 Å². The average Bonchev–Trinajstić information content (AvgIpc) is 3.41. The van der Waals surface area contributed by atoms with E-state index in [4.69, 9.17) is 9.72 Å². The van der Waals surface area contributed by atoms with Crippen molar-refractivity contribution in [3.05, 3.63) is 54.4 Å². The number of methoxy groups -OCH3 is 1. The number of aryl methyl sites for hydroxylation is 1. The standard InChI is InChI=1S/C28H37N3O2/c1-3-4-5-6-7-8-9-14-19-30-24-16-11-10-15-23(24)29-28(30)22-20-27(32)31(21-22)25-17-12-13-18-26(25)33-2/h10-13,15-18,22H,3-9,14,19-21H2,1-2H3/t22-/m1/s1. The molecule has 1 aliphatic heterocycles. The quantitative estimate of drug-likeness (QED) is 0.290. The first-order valence-electron chi connectivity index (χ1n) is 12.6. The first kappa shape index (κ1) is 23.3. The number of nitrogens with zero attached hydrogens (tertiary/aromatic N) is 3. The number of unbranched alkanes of at least 4 members (excludes halogenated alkanes) is 7. The number of ether oxygens (including phenoxy) is 1. The van der Waals surface area contributed by atoms with Gasteiger partial charge in [-0.25, -0.2) is 4.98 Å². The van der Waals surface area contributed by atoms with Crippen molar-refractivity contribution < 1.29 is 9.53 Å². The summed E-state index contributed by atoms with van der Waals surface area (Å²) in [5.74, 6) is 2.00. The molecular weight excluding hydrogens is 410 g/mol. The van der Waals surface area contributed by atoms with Crippen LogP contribution >= 0.6 is 0 Å². The van der Waals surface area contributed by atoms with Gasteiger partial charge in [0.1, 0.15) is 11.6 Å². The number of hydrogen-bond acceptors (Lipinski definition) is 3. The molecule has 0 radical (unpaired) electrons. The molecule has 0 spiro atoms. The number of benzene rings is 2. The number of imidazole rings is 1. The van der Waals surface area contributed by atoms with E-state index in [1.807, 2.05) is 35.2 Å². The van der Waals surface area contributed by atoms with Crippen molar-refractivity contribution in [2.75, 3.05) is 18.6 Å². The molecule has 5 nitrogen and oxygen atoms in total. The average molecular weight is 448 g/mol. The van der Waals surface area contributed by atoms with E-state index in [1.54, 1.807) is 7.11 Å². The van der Waals surface area contributed by atoms with Crippen LogP contribution in [0.2, 0.25) is 0 Å². The molecule has 1 saturated heterocycles. The summed E-state index contributed by atoms with van der Waals surface area (Å²) >= 11 is 0. The van der Waals surface area contributed by atoms with Gasteiger partial charge in [-0.2, -0.15) is 0 Å². The number of rotatable bonds is 12. The summed E-state index contributed by atoms with van der Waals surface area (Å²) in [6.07, 6.45) is 10.9. The third kappa shape index (κ3) is 5.40. The molecule has 2 heterocycles. The Morgan fingerprint density at radius 1 is 0.939 bits per heavy atom. The van der Waals surface area contributed by atoms with Crippen LogP contribution in [0.15, 0.2) is 48.5 Å². The molecule has 176 valence electrons. The highest BCUT2D eigenvalue weighted by Crippen LogP contribution is 2.37. The Labute approximate surface area is 197 Å². The molecule has 5 heteroatoms. The van der Waals surface area contributed by atoms with Gasteiger partial charge in [0.2, 0.25) is 5.91 Å². The zero-order valence-corrected chi connectivity index (χ0v) is 20.1. The van der Waals surface area contributed by atoms with Gasteiger partial charge in [0, 0.05) is 25.4 Å². The number of carbonyl (C=O) groups is 1. The number of para-hydroxylation sites is 4. The maximum absolute atomic E-state index is 13.0. The van der Waals surface area contributed by atoms with Gasteiger partial charge in [-0.3, -0.25) is 4.79 Å². The Morgan fingerprint density at radius 3 is 2.42 bits per heavy atom. The molecule has 1 fully saturated rings. The number of fused-ring (bicyclic) bond motifs is 1. The van der Waals surface area contributed by atoms with Crippen LogP contribution < -0.4 is 9.64 Å². The lowest BCUT2D eigenvalue weighted by atomic mass is 10.1. The first-order valence-corrected chi connectivity index (χ1v) is 12.6. The van der Waals surface area contributed by atoms with Gasteiger partial charge in [0.15, 0.2) is 0 Å². The molecule has 0 N–H and O–H groups in total. The monoisotopic (exact) mass is 447 g/mol. The topological polar surface area (TPSA) is 47.4 Å². The smallest absolute Gasteiger partial charge is 0.227 e. The van der Waals surface area contributed by atoms with E-state index in [0.717, 1.165) is 35.7 Å². The van der Waals surface area contributed by atoms with E-state index in [1.165, 1.54) is 50.5 Å². The van der Waals surface area contributed by atoms with Crippen molar-refractivity contribution in [2.24, 2.45) is 0 Å². The second-order valence-corrected chi connectivity index (χ2v) is 9.16. The van der Waals surface area contributed by atoms with Gasteiger partial charge in [-0.1, -0.05) is 76.1 Å². The number of carbonyl (C=O) groups excluding carboxylic acids is 1. The maximum Gasteiger partial charge on any atom is 0.227 e. The largest absolute Gasteiger partial charge is 0.495 e. The Balaban J connectivity index is 1.47. The molecule has 1 aliphatic rings. The minimum Gasteiger partial charge on any atom is -0.495 e. The van der Waals surface area contributed by atoms with Crippen LogP contribution in [0.25, 0.3) is 11.0 Å². The molecule has 0 saturated carbocycles. The van der Waals surface area contributed by atoms with Crippen molar-refractivity contribution >= 4 is 22.6 Å². The number of amides is 1. The van der Waals surface area contributed by atoms with Crippen molar-refractivity contribution in [2.45, 2.75) is 77.2 Å². The molecule has 1 aromatic heterocycles. The highest BCUT2D eigenvalue weighted by Gasteiger charge is 2.35. The van der Waals surface area contributed by atoms with Gasteiger partial charge >= 0.3 is 0 Å². The molecule has 1 atom stereocenters. The first-order chi connectivity index (χ1) is 16.2. The lowest BCUT2D eigenvalue weighted by Crippen LogP contribution is -2.25. The van der Waals surface area contributed by atoms with Gasteiger partial charge < -0.3 is 14.2 Å². The summed E-state index contributed by atoms with van der Waals surface area (Å²) in [6, 6.07) is 16.1. The van der Waals surface area contributed by atoms with Crippen LogP contribution in [0.3, 0.4) is 0 Å². The molecule has 3 aromatic rings. The molecule has 0 bridgehead atoms. The van der Waals surface area contributed by atoms with E-state index >= 15 is 0 Å². The van der Waals surface area contributed by atoms with Gasteiger partial charge in [-0.05, 0) is 30.7 Å². The molecule has 1 amide bonds. The highest BCUT2D eigenvalue weighted by molar-refractivity contribution is 5.97. The highest BCUT2D eigenvalue weighted by atomic mass is 16.5. The van der Waals surface area contributed by atoms with Crippen molar-refractivity contribution in [1.82, 2.24) is 9.55 Å². The van der Waals surface area contributed by atoms with E-state index in [9.17, 15) is 4.79 Å². The Hall–Kier alpha value is -2.82. The molecule has 0 unspecified atom stereocenters. The lowest BCUT2D eigenvalue weighted by molar-refractivity contribution is -0.117. The fourth-order valence-corrected chi connectivity index (χ4v) is 5.01. The second kappa shape index (κ2) is 11.4. The number of aromatic nitrogens is 2. The fraction of sp³-hybridized carbons (Fsp3) is 0.500. The van der Waals surface area contributed by atoms with E-state index in [2.05, 4.69) is 29.7 Å². The van der Waals surface area contributed by atoms with Crippen LogP contribution in [0, 0.1) is 0 Å². The number of anilines is 1. The van der Waals surface area contributed by atoms with E-state index in [0.29, 0.717) is 13.0 Å². The van der Waals surface area contributed by atoms with Crippen LogP contribution in [-0.4, -0.2) is 29.1 Å². The molecule has 33 heavy (non-hydrogen) atoms. The van der Waals surface area contributed by atoms with Gasteiger partial charge in [0.05, 0.1) is 23.8 Å². The predicted molar refractivity (Wildman–Crippen MR) is 135 cm³/mol. The second-order valence-electron chi connectivity index (χ2n) is 9.16. The zero-order valence-electron chi connectivity index (χ0n) is 20.1. The summed E-state index contributed by atoms with van der Waals surface area (Å²) in [7, 11) is 1.65. The summed E-state index contributed by atoms with van der Waals surface area (Å²) in [5.41, 5.74) is 3.05. The van der Waals surface area contributed by atoms with Crippen LogP contribution in [0.4, 0.5) is 5.69 Å². The Kier molecular flexibility index (Phi) is 8.03. The minimum atomic E-state index is 0.0869. The molecule has 4 rings (SSSR count). The SMILES string of the molecule is CCCCCCCCCCn1c([C@@H]2CC(=O)N(c3ccccc3OC)C2)nc2ccccc21. The van der Waals surface area contributed by atoms with Crippen molar-refractivity contribution in [3.8, 4) is 5.75 Å². The van der Waals surface area contributed by atoms with E-state index in [-0.39, 0.29) is 11.8 Å². The van der Waals surface area contributed by atoms with Crippen LogP contribution in [0.1, 0.15) is 76.5 Å². The normalized spacial score (nSPS) is 16.1. The zero-order chi connectivity index (χ0) is 23.0. The molecular formula is C28H37N3O2.